The molecule has 0 saturated carbocycles. The zero-order valence-electron chi connectivity index (χ0n) is 9.70. The van der Waals surface area contributed by atoms with Crippen LogP contribution in [0.3, 0.4) is 0 Å². The molecule has 15 heavy (non-hydrogen) atoms. The lowest BCUT2D eigenvalue weighted by molar-refractivity contribution is 0.124. The van der Waals surface area contributed by atoms with Gasteiger partial charge in [-0.15, -0.1) is 0 Å². The predicted octanol–water partition coefficient (Wildman–Crippen LogP) is 2.24. The smallest absolute Gasteiger partial charge is 0.241 e. The Morgan fingerprint density at radius 1 is 1.33 bits per heavy atom. The molecule has 0 aromatic carbocycles. The summed E-state index contributed by atoms with van der Waals surface area (Å²) in [5.41, 5.74) is 5.96. The van der Waals surface area contributed by atoms with Crippen molar-refractivity contribution >= 4 is 5.69 Å². The molecule has 0 bridgehead atoms. The Morgan fingerprint density at radius 2 is 2.00 bits per heavy atom. The number of hydrogen-bond donors (Lipinski definition) is 1. The highest BCUT2D eigenvalue weighted by Gasteiger charge is 2.15. The van der Waals surface area contributed by atoms with Crippen molar-refractivity contribution in [1.29, 1.82) is 0 Å². The average Bonchev–Trinajstić information content (AvgIpc) is 2.09. The molecular weight excluding hydrogens is 192 g/mol. The summed E-state index contributed by atoms with van der Waals surface area (Å²) in [4.78, 5) is 4.18. The van der Waals surface area contributed by atoms with E-state index in [1.807, 2.05) is 27.7 Å². The first kappa shape index (κ1) is 11.6. The van der Waals surface area contributed by atoms with E-state index in [9.17, 15) is 0 Å². The summed E-state index contributed by atoms with van der Waals surface area (Å²) >= 11 is 0. The zero-order chi connectivity index (χ0) is 11.5. The Labute approximate surface area is 90.4 Å². The first-order valence-electron chi connectivity index (χ1n) is 5.00. The fraction of sp³-hybridized carbons (Fsp3) is 0.545. The third-order valence-corrected chi connectivity index (χ3v) is 1.56. The third-order valence-electron chi connectivity index (χ3n) is 1.56. The van der Waals surface area contributed by atoms with Crippen LogP contribution in [-0.4, -0.2) is 17.2 Å². The number of nitrogens with zero attached hydrogens (tertiary/aromatic N) is 1. The highest BCUT2D eigenvalue weighted by atomic mass is 16.5. The van der Waals surface area contributed by atoms with Crippen molar-refractivity contribution in [2.24, 2.45) is 0 Å². The number of hydrogen-bond acceptors (Lipinski definition) is 4. The summed E-state index contributed by atoms with van der Waals surface area (Å²) in [7, 11) is 0. The van der Waals surface area contributed by atoms with Gasteiger partial charge in [-0.1, -0.05) is 0 Å². The van der Waals surface area contributed by atoms with Gasteiger partial charge in [0.15, 0.2) is 0 Å². The van der Waals surface area contributed by atoms with Gasteiger partial charge >= 0.3 is 0 Å². The van der Waals surface area contributed by atoms with Crippen LogP contribution in [0.4, 0.5) is 5.69 Å². The zero-order valence-corrected chi connectivity index (χ0v) is 9.70. The lowest BCUT2D eigenvalue weighted by atomic mass is 10.2. The molecule has 0 amide bonds. The van der Waals surface area contributed by atoms with Crippen molar-refractivity contribution < 1.29 is 9.47 Å². The maximum atomic E-state index is 5.75. The average molecular weight is 210 g/mol. The predicted molar refractivity (Wildman–Crippen MR) is 60.2 cm³/mol. The number of pyridine rings is 1. The Balaban J connectivity index is 2.90. The molecule has 84 valence electrons. The molecule has 1 aromatic rings. The van der Waals surface area contributed by atoms with E-state index in [-0.39, 0.29) is 5.60 Å². The largest absolute Gasteiger partial charge is 0.478 e. The van der Waals surface area contributed by atoms with Crippen LogP contribution in [0.2, 0.25) is 0 Å². The summed E-state index contributed by atoms with van der Waals surface area (Å²) in [6.45, 7) is 8.32. The number of rotatable bonds is 3. The van der Waals surface area contributed by atoms with E-state index in [1.165, 1.54) is 0 Å². The lowest BCUT2D eigenvalue weighted by Crippen LogP contribution is -2.24. The van der Waals surface area contributed by atoms with Gasteiger partial charge in [-0.25, -0.2) is 0 Å². The Bertz CT molecular complexity index is 332. The van der Waals surface area contributed by atoms with Gasteiger partial charge < -0.3 is 15.2 Å². The fourth-order valence-electron chi connectivity index (χ4n) is 1.03. The monoisotopic (exact) mass is 210 g/mol. The van der Waals surface area contributed by atoms with Gasteiger partial charge in [0.2, 0.25) is 11.8 Å². The molecule has 4 heteroatoms. The Hall–Kier alpha value is -1.45. The van der Waals surface area contributed by atoms with Crippen molar-refractivity contribution in [2.75, 3.05) is 12.3 Å². The third kappa shape index (κ3) is 3.65. The van der Waals surface area contributed by atoms with Crippen molar-refractivity contribution in [1.82, 2.24) is 4.98 Å². The molecule has 0 spiro atoms. The number of ether oxygens (including phenoxy) is 2. The molecule has 1 aromatic heterocycles. The topological polar surface area (TPSA) is 57.4 Å². The highest BCUT2D eigenvalue weighted by molar-refractivity contribution is 5.49. The molecule has 0 radical (unpaired) electrons. The molecule has 0 saturated heterocycles. The quantitative estimate of drug-likeness (QED) is 0.831. The Morgan fingerprint density at radius 3 is 2.53 bits per heavy atom. The van der Waals surface area contributed by atoms with Crippen LogP contribution in [0.15, 0.2) is 12.1 Å². The van der Waals surface area contributed by atoms with Crippen LogP contribution in [0.1, 0.15) is 27.7 Å². The van der Waals surface area contributed by atoms with E-state index < -0.39 is 0 Å². The SMILES string of the molecule is CCOc1ccc(N)c(OC(C)(C)C)n1. The first-order valence-corrected chi connectivity index (χ1v) is 5.00. The summed E-state index contributed by atoms with van der Waals surface area (Å²) in [5.74, 6) is 0.958. The minimum Gasteiger partial charge on any atom is -0.478 e. The van der Waals surface area contributed by atoms with Crippen molar-refractivity contribution in [3.8, 4) is 11.8 Å². The van der Waals surface area contributed by atoms with E-state index >= 15 is 0 Å². The van der Waals surface area contributed by atoms with Gasteiger partial charge in [-0.05, 0) is 33.8 Å². The van der Waals surface area contributed by atoms with Crippen molar-refractivity contribution in [2.45, 2.75) is 33.3 Å². The molecule has 1 rings (SSSR count). The minimum absolute atomic E-state index is 0.314. The van der Waals surface area contributed by atoms with E-state index in [0.717, 1.165) is 0 Å². The maximum absolute atomic E-state index is 5.75. The van der Waals surface area contributed by atoms with E-state index in [0.29, 0.717) is 24.1 Å². The minimum atomic E-state index is -0.314. The molecule has 0 aliphatic rings. The van der Waals surface area contributed by atoms with Crippen LogP contribution < -0.4 is 15.2 Å². The summed E-state index contributed by atoms with van der Waals surface area (Å²) in [6.07, 6.45) is 0. The van der Waals surface area contributed by atoms with E-state index in [2.05, 4.69) is 4.98 Å². The summed E-state index contributed by atoms with van der Waals surface area (Å²) < 4.78 is 10.9. The molecule has 0 unspecified atom stereocenters. The van der Waals surface area contributed by atoms with Gasteiger partial charge in [0.05, 0.1) is 12.3 Å². The second-order valence-electron chi connectivity index (χ2n) is 4.19. The van der Waals surface area contributed by atoms with E-state index in [4.69, 9.17) is 15.2 Å². The standard InChI is InChI=1S/C11H18N2O2/c1-5-14-9-7-6-8(12)10(13-9)15-11(2,3)4/h6-7H,5,12H2,1-4H3. The second kappa shape index (κ2) is 4.38. The van der Waals surface area contributed by atoms with Gasteiger partial charge in [0.25, 0.3) is 0 Å². The molecule has 1 heterocycles. The first-order chi connectivity index (χ1) is 6.92. The number of nitrogens with two attached hydrogens (primary N) is 1. The van der Waals surface area contributed by atoms with Gasteiger partial charge in [-0.2, -0.15) is 4.98 Å². The molecular formula is C11H18N2O2. The van der Waals surface area contributed by atoms with Crippen LogP contribution >= 0.6 is 0 Å². The van der Waals surface area contributed by atoms with Gasteiger partial charge in [0.1, 0.15) is 5.60 Å². The van der Waals surface area contributed by atoms with Crippen LogP contribution in [0.5, 0.6) is 11.8 Å². The maximum Gasteiger partial charge on any atom is 0.241 e. The van der Waals surface area contributed by atoms with Crippen molar-refractivity contribution in [3.05, 3.63) is 12.1 Å². The van der Waals surface area contributed by atoms with Crippen molar-refractivity contribution in [3.63, 3.8) is 0 Å². The molecule has 0 aliphatic heterocycles. The molecule has 0 fully saturated rings. The fourth-order valence-corrected chi connectivity index (χ4v) is 1.03. The Kier molecular flexibility index (Phi) is 3.39. The lowest BCUT2D eigenvalue weighted by Gasteiger charge is -2.21. The number of anilines is 1. The molecule has 4 nitrogen and oxygen atoms in total. The van der Waals surface area contributed by atoms with Crippen LogP contribution in [-0.2, 0) is 0 Å². The van der Waals surface area contributed by atoms with E-state index in [1.54, 1.807) is 12.1 Å². The van der Waals surface area contributed by atoms with Crippen LogP contribution in [0.25, 0.3) is 0 Å². The van der Waals surface area contributed by atoms with Gasteiger partial charge in [0, 0.05) is 6.07 Å². The highest BCUT2D eigenvalue weighted by Crippen LogP contribution is 2.25. The second-order valence-corrected chi connectivity index (χ2v) is 4.19. The molecule has 2 N–H and O–H groups in total. The van der Waals surface area contributed by atoms with Crippen LogP contribution in [0, 0.1) is 0 Å². The summed E-state index contributed by atoms with van der Waals surface area (Å²) in [6, 6.07) is 3.47. The number of nitrogen functional groups attached to an aromatic ring is 1. The number of aromatic nitrogens is 1. The summed E-state index contributed by atoms with van der Waals surface area (Å²) in [5, 5.41) is 0. The normalized spacial score (nSPS) is 11.2. The molecule has 0 aliphatic carbocycles. The van der Waals surface area contributed by atoms with Gasteiger partial charge in [-0.3, -0.25) is 0 Å². The molecule has 0 atom stereocenters.